The monoisotopic (exact) mass is 368 g/mol. The van der Waals surface area contributed by atoms with E-state index in [0.717, 1.165) is 0 Å². The van der Waals surface area contributed by atoms with Crippen LogP contribution in [0, 0.1) is 0 Å². The van der Waals surface area contributed by atoms with Crippen molar-refractivity contribution in [2.45, 2.75) is 45.3 Å². The normalized spacial score (nSPS) is 27.7. The van der Waals surface area contributed by atoms with E-state index in [4.69, 9.17) is 24.7 Å². The van der Waals surface area contributed by atoms with Crippen molar-refractivity contribution in [3.8, 4) is 0 Å². The van der Waals surface area contributed by atoms with Crippen LogP contribution in [0.1, 0.15) is 20.8 Å². The zero-order valence-electron chi connectivity index (χ0n) is 14.6. The Labute approximate surface area is 149 Å². The van der Waals surface area contributed by atoms with Crippen LogP contribution in [-0.4, -0.2) is 66.3 Å². The smallest absolute Gasteiger partial charge is 0.303 e. The van der Waals surface area contributed by atoms with Crippen molar-refractivity contribution < 1.29 is 33.3 Å². The molecule has 0 amide bonds. The van der Waals surface area contributed by atoms with Gasteiger partial charge in [-0.3, -0.25) is 19.3 Å². The van der Waals surface area contributed by atoms with E-state index >= 15 is 0 Å². The lowest BCUT2D eigenvalue weighted by molar-refractivity contribution is -0.166. The maximum absolute atomic E-state index is 11.5. The Bertz CT molecular complexity index is 675. The first-order valence-electron chi connectivity index (χ1n) is 7.68. The van der Waals surface area contributed by atoms with E-state index in [0.29, 0.717) is 0 Å². The van der Waals surface area contributed by atoms with Crippen molar-refractivity contribution in [3.05, 3.63) is 12.4 Å². The molecule has 26 heavy (non-hydrogen) atoms. The summed E-state index contributed by atoms with van der Waals surface area (Å²) in [5.41, 5.74) is 5.51. The third-order valence-corrected chi connectivity index (χ3v) is 3.47. The highest BCUT2D eigenvalue weighted by Crippen LogP contribution is 2.31. The standard InChI is InChI=1S/C15H20N4O7/c1-7-18-15(16)17-6-19(7)14-13(25-10(4)22)12(24-9(3)21)11(26-14)5-23-8(2)20/h6,11-14H,1,5H2,2-4H3,(H2,16,18)/t11-,12?,13+,14-/m1/s1. The Morgan fingerprint density at radius 2 is 1.81 bits per heavy atom. The topological polar surface area (TPSA) is 142 Å². The predicted octanol–water partition coefficient (Wildman–Crippen LogP) is -0.732. The molecule has 0 aromatic carbocycles. The molecule has 0 aromatic heterocycles. The molecule has 0 aromatic rings. The number of carbonyl (C=O) groups is 3. The molecular formula is C15H20N4O7. The number of aliphatic imine (C=N–C) groups is 2. The maximum Gasteiger partial charge on any atom is 0.303 e. The van der Waals surface area contributed by atoms with Gasteiger partial charge >= 0.3 is 17.9 Å². The van der Waals surface area contributed by atoms with E-state index in [2.05, 4.69) is 16.6 Å². The second-order valence-corrected chi connectivity index (χ2v) is 5.55. The van der Waals surface area contributed by atoms with Gasteiger partial charge in [-0.1, -0.05) is 6.58 Å². The molecule has 2 N–H and O–H groups in total. The molecule has 0 radical (unpaired) electrons. The molecule has 142 valence electrons. The molecule has 2 aliphatic heterocycles. The molecule has 11 heteroatoms. The van der Waals surface area contributed by atoms with Crippen LogP contribution in [0.3, 0.4) is 0 Å². The number of ether oxygens (including phenoxy) is 4. The number of nitrogens with zero attached hydrogens (tertiary/aromatic N) is 3. The molecule has 2 rings (SSSR count). The van der Waals surface area contributed by atoms with Gasteiger partial charge in [0.1, 0.15) is 24.9 Å². The van der Waals surface area contributed by atoms with E-state index in [-0.39, 0.29) is 18.4 Å². The molecular weight excluding hydrogens is 348 g/mol. The van der Waals surface area contributed by atoms with Crippen molar-refractivity contribution >= 4 is 30.2 Å². The molecule has 11 nitrogen and oxygen atoms in total. The van der Waals surface area contributed by atoms with Crippen molar-refractivity contribution in [2.24, 2.45) is 15.7 Å². The fourth-order valence-electron chi connectivity index (χ4n) is 2.54. The average molecular weight is 368 g/mol. The van der Waals surface area contributed by atoms with Gasteiger partial charge in [-0.05, 0) is 0 Å². The summed E-state index contributed by atoms with van der Waals surface area (Å²) >= 11 is 0. The Morgan fingerprint density at radius 3 is 2.35 bits per heavy atom. The molecule has 2 aliphatic rings. The Kier molecular flexibility index (Phi) is 5.93. The summed E-state index contributed by atoms with van der Waals surface area (Å²) in [5.74, 6) is -1.58. The third kappa shape index (κ3) is 4.57. The molecule has 1 fully saturated rings. The molecule has 4 atom stereocenters. The van der Waals surface area contributed by atoms with Crippen LogP contribution >= 0.6 is 0 Å². The first-order valence-corrected chi connectivity index (χ1v) is 7.68. The number of nitrogens with two attached hydrogens (primary N) is 1. The number of esters is 3. The number of hydrogen-bond acceptors (Lipinski definition) is 11. The number of carbonyl (C=O) groups excluding carboxylic acids is 3. The summed E-state index contributed by atoms with van der Waals surface area (Å²) in [6.45, 7) is 7.18. The van der Waals surface area contributed by atoms with Gasteiger partial charge in [0.2, 0.25) is 5.96 Å². The van der Waals surface area contributed by atoms with E-state index < -0.39 is 42.4 Å². The number of guanidine groups is 1. The zero-order chi connectivity index (χ0) is 19.4. The van der Waals surface area contributed by atoms with Crippen molar-refractivity contribution in [3.63, 3.8) is 0 Å². The van der Waals surface area contributed by atoms with Crippen LogP contribution < -0.4 is 5.73 Å². The molecule has 0 aliphatic carbocycles. The lowest BCUT2D eigenvalue weighted by atomic mass is 10.1. The quantitative estimate of drug-likeness (QED) is 0.490. The second-order valence-electron chi connectivity index (χ2n) is 5.55. The molecule has 1 saturated heterocycles. The fraction of sp³-hybridized carbons (Fsp3) is 0.533. The van der Waals surface area contributed by atoms with E-state index in [1.54, 1.807) is 0 Å². The SMILES string of the molecule is C=C1N=C(N)N=CN1[C@@H]1O[C@H](COC(C)=O)C(OC(C)=O)[C@@H]1OC(C)=O. The van der Waals surface area contributed by atoms with Crippen LogP contribution in [0.5, 0.6) is 0 Å². The summed E-state index contributed by atoms with van der Waals surface area (Å²) in [6, 6.07) is 0. The molecule has 1 unspecified atom stereocenters. The zero-order valence-corrected chi connectivity index (χ0v) is 14.6. The van der Waals surface area contributed by atoms with E-state index in [9.17, 15) is 14.4 Å². The van der Waals surface area contributed by atoms with E-state index in [1.165, 1.54) is 32.0 Å². The largest absolute Gasteiger partial charge is 0.463 e. The van der Waals surface area contributed by atoms with Crippen LogP contribution in [0.2, 0.25) is 0 Å². The summed E-state index contributed by atoms with van der Waals surface area (Å²) in [6.07, 6.45) is -2.57. The number of rotatable bonds is 5. The summed E-state index contributed by atoms with van der Waals surface area (Å²) in [5, 5.41) is 0. The van der Waals surface area contributed by atoms with Crippen molar-refractivity contribution in [1.29, 1.82) is 0 Å². The van der Waals surface area contributed by atoms with Gasteiger partial charge in [-0.15, -0.1) is 0 Å². The number of hydrogen-bond donors (Lipinski definition) is 1. The van der Waals surface area contributed by atoms with E-state index in [1.807, 2.05) is 0 Å². The fourth-order valence-corrected chi connectivity index (χ4v) is 2.54. The summed E-state index contributed by atoms with van der Waals surface area (Å²) in [4.78, 5) is 43.3. The predicted molar refractivity (Wildman–Crippen MR) is 87.5 cm³/mol. The molecule has 0 saturated carbocycles. The van der Waals surface area contributed by atoms with Gasteiger partial charge in [-0.2, -0.15) is 4.99 Å². The van der Waals surface area contributed by atoms with Gasteiger partial charge in [0.05, 0.1) is 0 Å². The molecule has 0 spiro atoms. The third-order valence-electron chi connectivity index (χ3n) is 3.47. The van der Waals surface area contributed by atoms with Gasteiger partial charge in [0.25, 0.3) is 0 Å². The highest BCUT2D eigenvalue weighted by Gasteiger charge is 2.52. The minimum absolute atomic E-state index is 0.00119. The lowest BCUT2D eigenvalue weighted by Crippen LogP contribution is -2.47. The van der Waals surface area contributed by atoms with Gasteiger partial charge in [0.15, 0.2) is 18.4 Å². The minimum Gasteiger partial charge on any atom is -0.463 e. The van der Waals surface area contributed by atoms with Gasteiger partial charge in [-0.25, -0.2) is 4.99 Å². The van der Waals surface area contributed by atoms with Crippen LogP contribution in [0.25, 0.3) is 0 Å². The highest BCUT2D eigenvalue weighted by atomic mass is 16.7. The maximum atomic E-state index is 11.5. The summed E-state index contributed by atoms with van der Waals surface area (Å²) in [7, 11) is 0. The minimum atomic E-state index is -1.03. The van der Waals surface area contributed by atoms with Crippen LogP contribution in [0.15, 0.2) is 22.4 Å². The first kappa shape index (κ1) is 19.4. The van der Waals surface area contributed by atoms with Gasteiger partial charge in [0, 0.05) is 20.8 Å². The average Bonchev–Trinajstić information content (AvgIpc) is 2.82. The Hall–Kier alpha value is -2.95. The second kappa shape index (κ2) is 7.95. The first-order chi connectivity index (χ1) is 12.2. The van der Waals surface area contributed by atoms with Crippen molar-refractivity contribution in [1.82, 2.24) is 4.90 Å². The van der Waals surface area contributed by atoms with Crippen LogP contribution in [-0.2, 0) is 33.3 Å². The molecule has 0 bridgehead atoms. The highest BCUT2D eigenvalue weighted by molar-refractivity contribution is 5.89. The Balaban J connectivity index is 2.30. The van der Waals surface area contributed by atoms with Gasteiger partial charge < -0.3 is 24.7 Å². The molecule has 2 heterocycles. The van der Waals surface area contributed by atoms with Crippen molar-refractivity contribution in [2.75, 3.05) is 6.61 Å². The lowest BCUT2D eigenvalue weighted by Gasteiger charge is -2.31. The van der Waals surface area contributed by atoms with Crippen LogP contribution in [0.4, 0.5) is 0 Å². The summed E-state index contributed by atoms with van der Waals surface area (Å²) < 4.78 is 21.3. The Morgan fingerprint density at radius 1 is 1.19 bits per heavy atom.